The van der Waals surface area contributed by atoms with Crippen LogP contribution in [0.1, 0.15) is 18.2 Å². The second-order valence-electron chi connectivity index (χ2n) is 4.89. The van der Waals surface area contributed by atoms with Gasteiger partial charge in [0.25, 0.3) is 5.91 Å². The first-order valence-electron chi connectivity index (χ1n) is 6.44. The standard InChI is InChI=1S/C13H13N5O3S/c1-13(9-5-14-3-4-15-9)11(19)18(12(20)16-13)6-8-7-22-17-10(8)21-2/h3-5,7H,6H2,1-2H3,(H,16,20). The molecule has 0 radical (unpaired) electrons. The van der Waals surface area contributed by atoms with E-state index in [4.69, 9.17) is 4.74 Å². The van der Waals surface area contributed by atoms with Crippen molar-refractivity contribution in [3.05, 3.63) is 35.2 Å². The Labute approximate surface area is 130 Å². The van der Waals surface area contributed by atoms with Crippen LogP contribution >= 0.6 is 11.5 Å². The number of nitrogens with zero attached hydrogens (tertiary/aromatic N) is 4. The Morgan fingerprint density at radius 1 is 1.41 bits per heavy atom. The zero-order valence-electron chi connectivity index (χ0n) is 11.9. The van der Waals surface area contributed by atoms with Gasteiger partial charge in [0.1, 0.15) is 0 Å². The van der Waals surface area contributed by atoms with Gasteiger partial charge in [-0.25, -0.2) is 4.79 Å². The van der Waals surface area contributed by atoms with E-state index in [1.54, 1.807) is 12.3 Å². The molecule has 1 unspecified atom stereocenters. The van der Waals surface area contributed by atoms with Crippen LogP contribution in [-0.2, 0) is 16.9 Å². The van der Waals surface area contributed by atoms with Crippen molar-refractivity contribution in [2.45, 2.75) is 19.0 Å². The summed E-state index contributed by atoms with van der Waals surface area (Å²) in [6.45, 7) is 1.71. The molecule has 0 bridgehead atoms. The maximum Gasteiger partial charge on any atom is 0.325 e. The number of carbonyl (C=O) groups is 2. The Balaban J connectivity index is 1.89. The number of imide groups is 1. The lowest BCUT2D eigenvalue weighted by molar-refractivity contribution is -0.131. The predicted octanol–water partition coefficient (Wildman–Crippen LogP) is 0.909. The fraction of sp³-hybridized carbons (Fsp3) is 0.308. The molecule has 0 spiro atoms. The molecule has 1 aliphatic rings. The van der Waals surface area contributed by atoms with E-state index >= 15 is 0 Å². The summed E-state index contributed by atoms with van der Waals surface area (Å²) in [5, 5.41) is 4.42. The average Bonchev–Trinajstić information content (AvgIpc) is 3.07. The molecule has 8 nitrogen and oxygen atoms in total. The first-order valence-corrected chi connectivity index (χ1v) is 7.27. The van der Waals surface area contributed by atoms with Crippen LogP contribution in [0.5, 0.6) is 5.88 Å². The van der Waals surface area contributed by atoms with E-state index in [1.165, 1.54) is 37.2 Å². The molecule has 3 rings (SSSR count). The molecule has 2 aromatic heterocycles. The highest BCUT2D eigenvalue weighted by Crippen LogP contribution is 2.29. The van der Waals surface area contributed by atoms with E-state index in [0.29, 0.717) is 17.1 Å². The van der Waals surface area contributed by atoms with Crippen LogP contribution < -0.4 is 10.1 Å². The highest BCUT2D eigenvalue weighted by molar-refractivity contribution is 7.03. The van der Waals surface area contributed by atoms with E-state index < -0.39 is 11.6 Å². The number of hydrogen-bond acceptors (Lipinski definition) is 7. The molecule has 1 atom stereocenters. The van der Waals surface area contributed by atoms with E-state index in [-0.39, 0.29) is 12.5 Å². The first kappa shape index (κ1) is 14.4. The minimum Gasteiger partial charge on any atom is -0.480 e. The summed E-state index contributed by atoms with van der Waals surface area (Å²) < 4.78 is 9.16. The Morgan fingerprint density at radius 3 is 2.91 bits per heavy atom. The Morgan fingerprint density at radius 2 is 2.23 bits per heavy atom. The molecule has 9 heteroatoms. The number of ether oxygens (including phenoxy) is 1. The van der Waals surface area contributed by atoms with Gasteiger partial charge in [0.15, 0.2) is 5.54 Å². The molecular formula is C13H13N5O3S. The third-order valence-corrected chi connectivity index (χ3v) is 4.14. The lowest BCUT2D eigenvalue weighted by atomic mass is 9.98. The Kier molecular flexibility index (Phi) is 3.49. The highest BCUT2D eigenvalue weighted by Gasteiger charge is 2.50. The molecule has 1 saturated heterocycles. The number of carbonyl (C=O) groups excluding carboxylic acids is 2. The number of rotatable bonds is 4. The molecule has 1 N–H and O–H groups in total. The van der Waals surface area contributed by atoms with Crippen molar-refractivity contribution >= 4 is 23.5 Å². The van der Waals surface area contributed by atoms with Gasteiger partial charge in [0.05, 0.1) is 25.5 Å². The van der Waals surface area contributed by atoms with E-state index in [2.05, 4.69) is 19.7 Å². The monoisotopic (exact) mass is 319 g/mol. The molecule has 3 heterocycles. The van der Waals surface area contributed by atoms with Crippen LogP contribution in [0.15, 0.2) is 24.0 Å². The molecule has 114 valence electrons. The third kappa shape index (κ3) is 2.19. The van der Waals surface area contributed by atoms with Crippen LogP contribution in [0.3, 0.4) is 0 Å². The van der Waals surface area contributed by atoms with Gasteiger partial charge in [-0.2, -0.15) is 4.37 Å². The highest BCUT2D eigenvalue weighted by atomic mass is 32.1. The fourth-order valence-corrected chi connectivity index (χ4v) is 2.90. The summed E-state index contributed by atoms with van der Waals surface area (Å²) in [5.74, 6) is 0.0324. The van der Waals surface area contributed by atoms with Gasteiger partial charge in [-0.3, -0.25) is 19.7 Å². The van der Waals surface area contributed by atoms with Gasteiger partial charge in [-0.1, -0.05) is 0 Å². The molecule has 0 aromatic carbocycles. The topological polar surface area (TPSA) is 97.3 Å². The fourth-order valence-electron chi connectivity index (χ4n) is 2.26. The van der Waals surface area contributed by atoms with Gasteiger partial charge in [-0.05, 0) is 18.5 Å². The van der Waals surface area contributed by atoms with Gasteiger partial charge in [-0.15, -0.1) is 0 Å². The predicted molar refractivity (Wildman–Crippen MR) is 77.1 cm³/mol. The van der Waals surface area contributed by atoms with Crippen LogP contribution in [-0.4, -0.2) is 38.3 Å². The van der Waals surface area contributed by atoms with Crippen molar-refractivity contribution < 1.29 is 14.3 Å². The normalized spacial score (nSPS) is 21.1. The van der Waals surface area contributed by atoms with Gasteiger partial charge >= 0.3 is 6.03 Å². The van der Waals surface area contributed by atoms with E-state index in [1.807, 2.05) is 0 Å². The average molecular weight is 319 g/mol. The molecule has 1 fully saturated rings. The van der Waals surface area contributed by atoms with Gasteiger partial charge in [0, 0.05) is 23.3 Å². The Hall–Kier alpha value is -2.55. The van der Waals surface area contributed by atoms with Crippen molar-refractivity contribution in [1.82, 2.24) is 24.6 Å². The van der Waals surface area contributed by atoms with Crippen molar-refractivity contribution in [2.75, 3.05) is 7.11 Å². The lowest BCUT2D eigenvalue weighted by Crippen LogP contribution is -2.41. The largest absolute Gasteiger partial charge is 0.480 e. The van der Waals surface area contributed by atoms with Gasteiger partial charge in [0.2, 0.25) is 5.88 Å². The molecule has 0 saturated carbocycles. The summed E-state index contributed by atoms with van der Waals surface area (Å²) in [4.78, 5) is 34.1. The van der Waals surface area contributed by atoms with E-state index in [9.17, 15) is 9.59 Å². The Bertz CT molecular complexity index is 719. The molecule has 0 aliphatic carbocycles. The molecule has 2 aromatic rings. The van der Waals surface area contributed by atoms with Crippen LogP contribution in [0.2, 0.25) is 0 Å². The maximum atomic E-state index is 12.7. The molecule has 3 amide bonds. The van der Waals surface area contributed by atoms with Crippen LogP contribution in [0.25, 0.3) is 0 Å². The second-order valence-corrected chi connectivity index (χ2v) is 5.52. The number of amides is 3. The second kappa shape index (κ2) is 5.34. The van der Waals surface area contributed by atoms with Crippen molar-refractivity contribution in [2.24, 2.45) is 0 Å². The minimum absolute atomic E-state index is 0.0974. The summed E-state index contributed by atoms with van der Waals surface area (Å²) in [6.07, 6.45) is 4.46. The van der Waals surface area contributed by atoms with Crippen molar-refractivity contribution in [3.8, 4) is 5.88 Å². The van der Waals surface area contributed by atoms with Crippen molar-refractivity contribution in [1.29, 1.82) is 0 Å². The summed E-state index contributed by atoms with van der Waals surface area (Å²) in [7, 11) is 1.49. The number of urea groups is 1. The van der Waals surface area contributed by atoms with E-state index in [0.717, 1.165) is 4.90 Å². The first-order chi connectivity index (χ1) is 10.6. The maximum absolute atomic E-state index is 12.7. The number of aromatic nitrogens is 3. The zero-order valence-corrected chi connectivity index (χ0v) is 12.8. The number of hydrogen-bond donors (Lipinski definition) is 1. The quantitative estimate of drug-likeness (QED) is 0.841. The number of methoxy groups -OCH3 is 1. The SMILES string of the molecule is COc1nscc1CN1C(=O)NC(C)(c2cnccn2)C1=O. The minimum atomic E-state index is -1.22. The van der Waals surface area contributed by atoms with Crippen LogP contribution in [0.4, 0.5) is 4.79 Å². The van der Waals surface area contributed by atoms with Gasteiger partial charge < -0.3 is 10.1 Å². The third-order valence-electron chi connectivity index (χ3n) is 3.48. The van der Waals surface area contributed by atoms with Crippen molar-refractivity contribution in [3.63, 3.8) is 0 Å². The zero-order chi connectivity index (χ0) is 15.7. The molecule has 22 heavy (non-hydrogen) atoms. The number of nitrogens with one attached hydrogen (secondary N) is 1. The summed E-state index contributed by atoms with van der Waals surface area (Å²) >= 11 is 1.21. The summed E-state index contributed by atoms with van der Waals surface area (Å²) in [6, 6.07) is -0.480. The summed E-state index contributed by atoms with van der Waals surface area (Å²) in [5.41, 5.74) is -0.146. The lowest BCUT2D eigenvalue weighted by Gasteiger charge is -2.20. The molecular weight excluding hydrogens is 306 g/mol. The molecule has 1 aliphatic heterocycles. The van der Waals surface area contributed by atoms with Crippen LogP contribution in [0, 0.1) is 0 Å². The smallest absolute Gasteiger partial charge is 0.325 e.